The Morgan fingerprint density at radius 3 is 2.38 bits per heavy atom. The predicted molar refractivity (Wildman–Crippen MR) is 74.4 cm³/mol. The molecule has 0 amide bonds. The summed E-state index contributed by atoms with van der Waals surface area (Å²) in [6.07, 6.45) is 0.924. The molecule has 2 aromatic rings. The van der Waals surface area contributed by atoms with E-state index in [-0.39, 0.29) is 11.4 Å². The van der Waals surface area contributed by atoms with E-state index in [2.05, 4.69) is 9.97 Å². The minimum absolute atomic E-state index is 0.213. The summed E-state index contributed by atoms with van der Waals surface area (Å²) in [6.45, 7) is 0. The number of hydrogen-bond donors (Lipinski definition) is 0. The molecule has 1 heterocycles. The van der Waals surface area contributed by atoms with Crippen LogP contribution in [0, 0.1) is 0 Å². The molecule has 0 saturated carbocycles. The lowest BCUT2D eigenvalue weighted by atomic mass is 10.2. The molecule has 0 bridgehead atoms. The van der Waals surface area contributed by atoms with Crippen molar-refractivity contribution in [3.8, 4) is 11.3 Å². The van der Waals surface area contributed by atoms with Gasteiger partial charge in [0.1, 0.15) is 0 Å². The van der Waals surface area contributed by atoms with Crippen molar-refractivity contribution >= 4 is 9.84 Å². The van der Waals surface area contributed by atoms with Gasteiger partial charge >= 0.3 is 0 Å². The van der Waals surface area contributed by atoms with E-state index in [0.717, 1.165) is 11.8 Å². The first-order chi connectivity index (χ1) is 9.99. The van der Waals surface area contributed by atoms with Crippen molar-refractivity contribution < 1.29 is 17.2 Å². The Hall–Kier alpha value is -2.15. The predicted octanol–water partition coefficient (Wildman–Crippen LogP) is 3.09. The summed E-state index contributed by atoms with van der Waals surface area (Å²) in [5.74, 6) is -0.427. The van der Waals surface area contributed by atoms with Crippen LogP contribution in [-0.2, 0) is 9.84 Å². The molecule has 7 heteroatoms. The van der Waals surface area contributed by atoms with Crippen LogP contribution in [0.3, 0.4) is 0 Å². The van der Waals surface area contributed by atoms with Crippen LogP contribution < -0.4 is 0 Å². The molecule has 0 aliphatic carbocycles. The van der Waals surface area contributed by atoms with Crippen LogP contribution in [0.4, 0.5) is 8.78 Å². The third kappa shape index (κ3) is 4.16. The lowest BCUT2D eigenvalue weighted by Crippen LogP contribution is -2.09. The smallest absolute Gasteiger partial charge is 0.252 e. The quantitative estimate of drug-likeness (QED) is 0.851. The minimum atomic E-state index is -3.71. The lowest BCUT2D eigenvalue weighted by Gasteiger charge is -2.03. The van der Waals surface area contributed by atoms with E-state index >= 15 is 0 Å². The molecule has 0 N–H and O–H groups in total. The maximum absolute atomic E-state index is 11.9. The number of nitrogens with zero attached hydrogens (tertiary/aromatic N) is 2. The van der Waals surface area contributed by atoms with Crippen LogP contribution in [0.5, 0.6) is 0 Å². The molecule has 2 rings (SSSR count). The van der Waals surface area contributed by atoms with Crippen LogP contribution in [0.2, 0.25) is 0 Å². The Labute approximate surface area is 121 Å². The summed E-state index contributed by atoms with van der Waals surface area (Å²) in [5, 5.41) is -0.213. The van der Waals surface area contributed by atoms with Gasteiger partial charge in [0.05, 0.1) is 23.8 Å². The second-order valence-corrected chi connectivity index (χ2v) is 6.26. The van der Waals surface area contributed by atoms with Gasteiger partial charge in [-0.25, -0.2) is 13.4 Å². The Balaban J connectivity index is 2.17. The van der Waals surface area contributed by atoms with Crippen LogP contribution in [0.1, 0.15) is 6.42 Å². The number of halogens is 2. The average molecular weight is 310 g/mol. The number of aromatic nitrogens is 2. The van der Waals surface area contributed by atoms with E-state index < -0.39 is 21.7 Å². The van der Waals surface area contributed by atoms with Crippen molar-refractivity contribution in [2.45, 2.75) is 11.4 Å². The third-order valence-electron chi connectivity index (χ3n) is 2.70. The molecular formula is C14H12F2N2O2S. The first-order valence-corrected chi connectivity index (χ1v) is 7.75. The zero-order chi connectivity index (χ0) is 15.3. The van der Waals surface area contributed by atoms with Gasteiger partial charge in [0.25, 0.3) is 6.08 Å². The van der Waals surface area contributed by atoms with Gasteiger partial charge in [0.2, 0.25) is 0 Å². The van der Waals surface area contributed by atoms with Crippen LogP contribution in [0.25, 0.3) is 11.3 Å². The first kappa shape index (κ1) is 15.2. The molecule has 0 saturated heterocycles. The van der Waals surface area contributed by atoms with Crippen LogP contribution in [0.15, 0.2) is 59.9 Å². The maximum atomic E-state index is 11.9. The van der Waals surface area contributed by atoms with E-state index in [9.17, 15) is 17.2 Å². The molecule has 0 unspecified atom stereocenters. The lowest BCUT2D eigenvalue weighted by molar-refractivity contribution is 0.418. The number of hydrogen-bond acceptors (Lipinski definition) is 4. The van der Waals surface area contributed by atoms with Gasteiger partial charge in [-0.3, -0.25) is 4.98 Å². The second kappa shape index (κ2) is 6.53. The maximum Gasteiger partial charge on any atom is 0.266 e. The summed E-state index contributed by atoms with van der Waals surface area (Å²) in [7, 11) is -3.71. The topological polar surface area (TPSA) is 59.9 Å². The van der Waals surface area contributed by atoms with Crippen LogP contribution >= 0.6 is 0 Å². The van der Waals surface area contributed by atoms with E-state index in [1.807, 2.05) is 30.3 Å². The third-order valence-corrected chi connectivity index (χ3v) is 4.32. The highest BCUT2D eigenvalue weighted by Gasteiger charge is 2.16. The van der Waals surface area contributed by atoms with Crippen molar-refractivity contribution in [3.63, 3.8) is 0 Å². The fraction of sp³-hybridized carbons (Fsp3) is 0.143. The van der Waals surface area contributed by atoms with Gasteiger partial charge in [-0.2, -0.15) is 8.78 Å². The Morgan fingerprint density at radius 1 is 1.10 bits per heavy atom. The van der Waals surface area contributed by atoms with Gasteiger partial charge in [0, 0.05) is 5.56 Å². The number of benzene rings is 1. The minimum Gasteiger partial charge on any atom is -0.252 e. The zero-order valence-corrected chi connectivity index (χ0v) is 11.7. The summed E-state index contributed by atoms with van der Waals surface area (Å²) in [5.41, 5.74) is 1.36. The number of sulfone groups is 1. The van der Waals surface area contributed by atoms with E-state index in [4.69, 9.17) is 0 Å². The molecular weight excluding hydrogens is 298 g/mol. The van der Waals surface area contributed by atoms with Crippen molar-refractivity contribution in [2.24, 2.45) is 0 Å². The molecule has 21 heavy (non-hydrogen) atoms. The normalized spacial score (nSPS) is 11.1. The summed E-state index contributed by atoms with van der Waals surface area (Å²) >= 11 is 0. The summed E-state index contributed by atoms with van der Waals surface area (Å²) in [4.78, 5) is 7.92. The summed E-state index contributed by atoms with van der Waals surface area (Å²) < 4.78 is 47.6. The van der Waals surface area contributed by atoms with Crippen LogP contribution in [-0.4, -0.2) is 24.1 Å². The fourth-order valence-electron chi connectivity index (χ4n) is 1.66. The Bertz CT molecular complexity index is 725. The van der Waals surface area contributed by atoms with E-state index in [1.54, 1.807) is 0 Å². The highest BCUT2D eigenvalue weighted by molar-refractivity contribution is 7.91. The van der Waals surface area contributed by atoms with Gasteiger partial charge in [0.15, 0.2) is 14.9 Å². The monoisotopic (exact) mass is 310 g/mol. The Morgan fingerprint density at radius 2 is 1.81 bits per heavy atom. The average Bonchev–Trinajstić information content (AvgIpc) is 2.48. The first-order valence-electron chi connectivity index (χ1n) is 6.10. The Kier molecular flexibility index (Phi) is 4.74. The van der Waals surface area contributed by atoms with Gasteiger partial charge in [-0.1, -0.05) is 30.3 Å². The van der Waals surface area contributed by atoms with Crippen molar-refractivity contribution in [1.29, 1.82) is 0 Å². The van der Waals surface area contributed by atoms with Gasteiger partial charge < -0.3 is 0 Å². The second-order valence-electron chi connectivity index (χ2n) is 4.21. The van der Waals surface area contributed by atoms with Gasteiger partial charge in [-0.05, 0) is 12.5 Å². The molecule has 4 nitrogen and oxygen atoms in total. The molecule has 0 atom stereocenters. The largest absolute Gasteiger partial charge is 0.266 e. The molecule has 0 fully saturated rings. The summed E-state index contributed by atoms with van der Waals surface area (Å²) in [6, 6.07) is 9.17. The number of allylic oxidation sites excluding steroid dienone is 1. The zero-order valence-electron chi connectivity index (χ0n) is 10.9. The molecule has 110 valence electrons. The highest BCUT2D eigenvalue weighted by Crippen LogP contribution is 2.17. The van der Waals surface area contributed by atoms with Gasteiger partial charge in [-0.15, -0.1) is 0 Å². The van der Waals surface area contributed by atoms with E-state index in [1.165, 1.54) is 6.20 Å². The van der Waals surface area contributed by atoms with Crippen molar-refractivity contribution in [2.75, 3.05) is 5.75 Å². The molecule has 0 aliphatic rings. The molecule has 0 aliphatic heterocycles. The SMILES string of the molecule is O=S(=O)(CCC=C(F)F)c1cnc(-c2ccccc2)cn1. The number of rotatable bonds is 5. The standard InChI is InChI=1S/C14H12F2N2O2S/c15-13(16)7-4-8-21(19,20)14-10-17-12(9-18-14)11-5-2-1-3-6-11/h1-3,5-7,9-10H,4,8H2. The van der Waals surface area contributed by atoms with E-state index in [0.29, 0.717) is 11.8 Å². The highest BCUT2D eigenvalue weighted by atomic mass is 32.2. The molecule has 0 spiro atoms. The molecule has 1 aromatic heterocycles. The van der Waals surface area contributed by atoms with Crippen molar-refractivity contribution in [1.82, 2.24) is 9.97 Å². The molecule has 0 radical (unpaired) electrons. The fourth-order valence-corrected chi connectivity index (χ4v) is 2.73. The van der Waals surface area contributed by atoms with Crippen molar-refractivity contribution in [3.05, 3.63) is 54.9 Å². The molecule has 1 aromatic carbocycles.